The number of aryl methyl sites for hydroxylation is 1. The summed E-state index contributed by atoms with van der Waals surface area (Å²) in [4.78, 5) is 24.1. The second-order valence-electron chi connectivity index (χ2n) is 8.36. The lowest BCUT2D eigenvalue weighted by atomic mass is 9.91. The first-order chi connectivity index (χ1) is 15.5. The summed E-state index contributed by atoms with van der Waals surface area (Å²) in [6.07, 6.45) is 7.17. The third kappa shape index (κ3) is 4.26. The molecule has 0 atom stereocenters. The van der Waals surface area contributed by atoms with Crippen molar-refractivity contribution in [3.05, 3.63) is 95.6 Å². The van der Waals surface area contributed by atoms with Crippen molar-refractivity contribution in [3.8, 4) is 11.1 Å². The molecule has 4 nitrogen and oxygen atoms in total. The molecule has 3 heterocycles. The van der Waals surface area contributed by atoms with Gasteiger partial charge in [0.25, 0.3) is 5.91 Å². The number of amides is 1. The lowest BCUT2D eigenvalue weighted by Gasteiger charge is -2.31. The SMILES string of the molecule is C=Cc1ccc(C(=O)N2CCC(c3ccc(-c4cccc(C)c4C)cn3)CC2)nc1C=C. The molecule has 1 aromatic carbocycles. The number of carbonyl (C=O) groups excluding carboxylic acids is 1. The number of nitrogens with zero attached hydrogens (tertiary/aromatic N) is 3. The highest BCUT2D eigenvalue weighted by molar-refractivity contribution is 5.93. The van der Waals surface area contributed by atoms with E-state index in [4.69, 9.17) is 4.98 Å². The minimum absolute atomic E-state index is 0.0274. The van der Waals surface area contributed by atoms with E-state index in [1.165, 1.54) is 16.7 Å². The van der Waals surface area contributed by atoms with Crippen LogP contribution in [0.1, 0.15) is 57.3 Å². The first-order valence-electron chi connectivity index (χ1n) is 11.1. The van der Waals surface area contributed by atoms with Gasteiger partial charge in [-0.1, -0.05) is 49.6 Å². The zero-order valence-electron chi connectivity index (χ0n) is 18.8. The van der Waals surface area contributed by atoms with E-state index in [2.05, 4.69) is 62.3 Å². The number of carbonyl (C=O) groups is 1. The molecule has 4 heteroatoms. The molecule has 4 rings (SSSR count). The highest BCUT2D eigenvalue weighted by atomic mass is 16.2. The van der Waals surface area contributed by atoms with Gasteiger partial charge in [-0.3, -0.25) is 9.78 Å². The molecule has 0 unspecified atom stereocenters. The van der Waals surface area contributed by atoms with Crippen LogP contribution in [0.2, 0.25) is 0 Å². The fourth-order valence-electron chi connectivity index (χ4n) is 4.35. The number of aromatic nitrogens is 2. The van der Waals surface area contributed by atoms with E-state index in [1.807, 2.05) is 17.2 Å². The predicted octanol–water partition coefficient (Wildman–Crippen LogP) is 6.07. The Morgan fingerprint density at radius 1 is 1.03 bits per heavy atom. The zero-order chi connectivity index (χ0) is 22.7. The summed E-state index contributed by atoms with van der Waals surface area (Å²) in [5.41, 5.74) is 8.10. The van der Waals surface area contributed by atoms with Gasteiger partial charge >= 0.3 is 0 Å². The Morgan fingerprint density at radius 3 is 2.47 bits per heavy atom. The maximum atomic E-state index is 13.0. The maximum absolute atomic E-state index is 13.0. The molecule has 1 amide bonds. The molecule has 0 spiro atoms. The van der Waals surface area contributed by atoms with Gasteiger partial charge in [-0.15, -0.1) is 0 Å². The van der Waals surface area contributed by atoms with Crippen molar-refractivity contribution in [3.63, 3.8) is 0 Å². The van der Waals surface area contributed by atoms with Crippen molar-refractivity contribution in [2.24, 2.45) is 0 Å². The first-order valence-corrected chi connectivity index (χ1v) is 11.1. The summed E-state index contributed by atoms with van der Waals surface area (Å²) < 4.78 is 0. The van der Waals surface area contributed by atoms with E-state index < -0.39 is 0 Å². The summed E-state index contributed by atoms with van der Waals surface area (Å²) in [5.74, 6) is 0.340. The Kier molecular flexibility index (Phi) is 6.31. The molecule has 32 heavy (non-hydrogen) atoms. The monoisotopic (exact) mass is 423 g/mol. The van der Waals surface area contributed by atoms with Crippen LogP contribution in [0.15, 0.2) is 61.8 Å². The van der Waals surface area contributed by atoms with Gasteiger partial charge in [0, 0.05) is 36.5 Å². The van der Waals surface area contributed by atoms with Crippen LogP contribution >= 0.6 is 0 Å². The molecular weight excluding hydrogens is 394 g/mol. The Labute approximate surface area is 190 Å². The highest BCUT2D eigenvalue weighted by Gasteiger charge is 2.26. The first kappa shape index (κ1) is 21.7. The number of likely N-dealkylation sites (tertiary alicyclic amines) is 1. The smallest absolute Gasteiger partial charge is 0.272 e. The minimum Gasteiger partial charge on any atom is -0.337 e. The topological polar surface area (TPSA) is 46.1 Å². The van der Waals surface area contributed by atoms with Gasteiger partial charge in [-0.25, -0.2) is 4.98 Å². The predicted molar refractivity (Wildman–Crippen MR) is 131 cm³/mol. The summed E-state index contributed by atoms with van der Waals surface area (Å²) >= 11 is 0. The van der Waals surface area contributed by atoms with Gasteiger partial charge in [0.05, 0.1) is 5.69 Å². The van der Waals surface area contributed by atoms with Crippen LogP contribution in [0.5, 0.6) is 0 Å². The summed E-state index contributed by atoms with van der Waals surface area (Å²) in [6, 6.07) is 14.3. The Bertz CT molecular complexity index is 1160. The van der Waals surface area contributed by atoms with Crippen molar-refractivity contribution in [2.45, 2.75) is 32.6 Å². The largest absolute Gasteiger partial charge is 0.337 e. The molecule has 1 aliphatic heterocycles. The zero-order valence-corrected chi connectivity index (χ0v) is 18.8. The van der Waals surface area contributed by atoms with E-state index in [0.717, 1.165) is 29.7 Å². The fraction of sp³-hybridized carbons (Fsp3) is 0.250. The van der Waals surface area contributed by atoms with Gasteiger partial charge in [0.1, 0.15) is 5.69 Å². The maximum Gasteiger partial charge on any atom is 0.272 e. The van der Waals surface area contributed by atoms with E-state index >= 15 is 0 Å². The van der Waals surface area contributed by atoms with Crippen molar-refractivity contribution < 1.29 is 4.79 Å². The summed E-state index contributed by atoms with van der Waals surface area (Å²) in [7, 11) is 0. The van der Waals surface area contributed by atoms with Crippen LogP contribution in [-0.4, -0.2) is 33.9 Å². The number of piperidine rings is 1. The third-order valence-electron chi connectivity index (χ3n) is 6.49. The molecule has 162 valence electrons. The van der Waals surface area contributed by atoms with E-state index in [-0.39, 0.29) is 5.91 Å². The second-order valence-corrected chi connectivity index (χ2v) is 8.36. The van der Waals surface area contributed by atoms with Gasteiger partial charge in [-0.05, 0) is 67.2 Å². The average molecular weight is 424 g/mol. The van der Waals surface area contributed by atoms with Gasteiger partial charge in [-0.2, -0.15) is 0 Å². The van der Waals surface area contributed by atoms with Crippen molar-refractivity contribution in [1.82, 2.24) is 14.9 Å². The molecule has 0 aliphatic carbocycles. The van der Waals surface area contributed by atoms with Gasteiger partial charge in [0.15, 0.2) is 0 Å². The Hall–Kier alpha value is -3.53. The summed E-state index contributed by atoms with van der Waals surface area (Å²) in [6.45, 7) is 13.3. The van der Waals surface area contributed by atoms with Crippen LogP contribution in [-0.2, 0) is 0 Å². The summed E-state index contributed by atoms with van der Waals surface area (Å²) in [5, 5.41) is 0. The van der Waals surface area contributed by atoms with Crippen LogP contribution in [0, 0.1) is 13.8 Å². The number of benzene rings is 1. The molecule has 0 N–H and O–H groups in total. The van der Waals surface area contributed by atoms with E-state index in [0.29, 0.717) is 30.4 Å². The number of pyridine rings is 2. The second kappa shape index (κ2) is 9.31. The van der Waals surface area contributed by atoms with E-state index in [9.17, 15) is 4.79 Å². The van der Waals surface area contributed by atoms with Crippen LogP contribution < -0.4 is 0 Å². The molecule has 1 aliphatic rings. The van der Waals surface area contributed by atoms with Crippen molar-refractivity contribution in [1.29, 1.82) is 0 Å². The Balaban J connectivity index is 1.42. The van der Waals surface area contributed by atoms with E-state index in [1.54, 1.807) is 18.2 Å². The lowest BCUT2D eigenvalue weighted by molar-refractivity contribution is 0.0706. The Morgan fingerprint density at radius 2 is 1.81 bits per heavy atom. The lowest BCUT2D eigenvalue weighted by Crippen LogP contribution is -2.38. The van der Waals surface area contributed by atoms with Crippen molar-refractivity contribution in [2.75, 3.05) is 13.1 Å². The fourth-order valence-corrected chi connectivity index (χ4v) is 4.35. The quantitative estimate of drug-likeness (QED) is 0.501. The molecule has 1 fully saturated rings. The highest BCUT2D eigenvalue weighted by Crippen LogP contribution is 2.30. The normalized spacial score (nSPS) is 14.2. The molecular formula is C28H29N3O. The molecule has 0 bridgehead atoms. The van der Waals surface area contributed by atoms with Crippen LogP contribution in [0.3, 0.4) is 0 Å². The molecule has 0 saturated carbocycles. The molecule has 0 radical (unpaired) electrons. The molecule has 1 saturated heterocycles. The van der Waals surface area contributed by atoms with Gasteiger partial charge in [0.2, 0.25) is 0 Å². The molecule has 2 aromatic heterocycles. The standard InChI is InChI=1S/C28H29N3O/c1-5-21-10-13-27(30-25(21)6-2)28(32)31-16-14-22(15-17-31)26-12-11-23(18-29-26)24-9-7-8-19(3)20(24)4/h5-13,18,22H,1-2,14-17H2,3-4H3. The number of rotatable bonds is 5. The number of hydrogen-bond donors (Lipinski definition) is 0. The number of hydrogen-bond acceptors (Lipinski definition) is 3. The van der Waals surface area contributed by atoms with Crippen LogP contribution in [0.25, 0.3) is 23.3 Å². The molecule has 3 aromatic rings. The van der Waals surface area contributed by atoms with Crippen LogP contribution in [0.4, 0.5) is 0 Å². The van der Waals surface area contributed by atoms with Crippen molar-refractivity contribution >= 4 is 18.1 Å². The third-order valence-corrected chi connectivity index (χ3v) is 6.49. The average Bonchev–Trinajstić information content (AvgIpc) is 2.85. The van der Waals surface area contributed by atoms with Gasteiger partial charge < -0.3 is 4.90 Å². The minimum atomic E-state index is -0.0274.